The molecular formula is C27H35N5O3. The Hall–Kier alpha value is -3.39. The van der Waals surface area contributed by atoms with Gasteiger partial charge in [0.05, 0.1) is 23.6 Å². The summed E-state index contributed by atoms with van der Waals surface area (Å²) in [5.41, 5.74) is 1.57. The maximum Gasteiger partial charge on any atom is 0.241 e. The highest BCUT2D eigenvalue weighted by Crippen LogP contribution is 2.31. The molecular weight excluding hydrogens is 442 g/mol. The molecule has 8 heteroatoms. The van der Waals surface area contributed by atoms with Gasteiger partial charge >= 0.3 is 0 Å². The first-order valence-electron chi connectivity index (χ1n) is 12.6. The lowest BCUT2D eigenvalue weighted by Crippen LogP contribution is -2.35. The first-order valence-corrected chi connectivity index (χ1v) is 12.6. The van der Waals surface area contributed by atoms with Crippen LogP contribution in [-0.2, 0) is 4.79 Å². The van der Waals surface area contributed by atoms with Crippen LogP contribution in [-0.4, -0.2) is 48.2 Å². The van der Waals surface area contributed by atoms with Gasteiger partial charge in [0.2, 0.25) is 17.7 Å². The molecule has 1 saturated heterocycles. The van der Waals surface area contributed by atoms with Crippen molar-refractivity contribution in [3.8, 4) is 17.4 Å². The van der Waals surface area contributed by atoms with Gasteiger partial charge in [-0.1, -0.05) is 13.3 Å². The molecule has 1 aliphatic heterocycles. The van der Waals surface area contributed by atoms with E-state index >= 15 is 0 Å². The summed E-state index contributed by atoms with van der Waals surface area (Å²) in [7, 11) is 0. The van der Waals surface area contributed by atoms with Crippen LogP contribution in [0.15, 0.2) is 42.5 Å². The van der Waals surface area contributed by atoms with Crippen LogP contribution in [0.1, 0.15) is 46.5 Å². The molecule has 1 amide bonds. The van der Waals surface area contributed by atoms with Gasteiger partial charge in [0.1, 0.15) is 11.5 Å². The average molecular weight is 478 g/mol. The molecule has 2 heterocycles. The molecule has 1 atom stereocenters. The number of benzene rings is 2. The van der Waals surface area contributed by atoms with Crippen molar-refractivity contribution in [3.05, 3.63) is 42.5 Å². The number of unbranched alkanes of at least 4 members (excludes halogenated alkanes) is 1. The molecule has 1 aliphatic rings. The standard InChI is InChI=1S/C27H35N5O3/c1-4-7-17-34-26-22-18-21(14-15-23(22)30-27(31-26)32(5-2)6-3)35-20-12-10-19(11-13-20)29-25(33)24-9-8-16-28-24/h10-15,18,24,28H,4-9,16-17H2,1-3H3,(H,29,33)/t24-/m0/s1. The summed E-state index contributed by atoms with van der Waals surface area (Å²) in [4.78, 5) is 23.9. The maximum atomic E-state index is 12.3. The lowest BCUT2D eigenvalue weighted by atomic mass is 10.2. The van der Waals surface area contributed by atoms with Gasteiger partial charge in [-0.2, -0.15) is 4.98 Å². The van der Waals surface area contributed by atoms with Crippen LogP contribution in [0.3, 0.4) is 0 Å². The van der Waals surface area contributed by atoms with Crippen molar-refractivity contribution in [2.75, 3.05) is 36.5 Å². The monoisotopic (exact) mass is 477 g/mol. The van der Waals surface area contributed by atoms with E-state index < -0.39 is 0 Å². The predicted molar refractivity (Wildman–Crippen MR) is 140 cm³/mol. The molecule has 35 heavy (non-hydrogen) atoms. The fourth-order valence-corrected chi connectivity index (χ4v) is 4.08. The maximum absolute atomic E-state index is 12.3. The molecule has 0 aliphatic carbocycles. The number of carbonyl (C=O) groups is 1. The molecule has 186 valence electrons. The number of hydrogen-bond acceptors (Lipinski definition) is 7. The second kappa shape index (κ2) is 11.8. The Labute approximate surface area is 207 Å². The summed E-state index contributed by atoms with van der Waals surface area (Å²) >= 11 is 0. The summed E-state index contributed by atoms with van der Waals surface area (Å²) < 4.78 is 12.2. The molecule has 3 aromatic rings. The lowest BCUT2D eigenvalue weighted by molar-refractivity contribution is -0.117. The van der Waals surface area contributed by atoms with Crippen LogP contribution in [0.5, 0.6) is 17.4 Å². The van der Waals surface area contributed by atoms with E-state index in [4.69, 9.17) is 19.4 Å². The van der Waals surface area contributed by atoms with Crippen LogP contribution < -0.4 is 25.0 Å². The van der Waals surface area contributed by atoms with Crippen LogP contribution in [0, 0.1) is 0 Å². The number of hydrogen-bond donors (Lipinski definition) is 2. The number of anilines is 2. The van der Waals surface area contributed by atoms with E-state index in [2.05, 4.69) is 36.3 Å². The number of fused-ring (bicyclic) bond motifs is 1. The smallest absolute Gasteiger partial charge is 0.241 e. The number of nitrogens with zero attached hydrogens (tertiary/aromatic N) is 3. The molecule has 0 spiro atoms. The molecule has 0 saturated carbocycles. The van der Waals surface area contributed by atoms with E-state index in [1.54, 1.807) is 0 Å². The normalized spacial score (nSPS) is 15.2. The van der Waals surface area contributed by atoms with Crippen LogP contribution in [0.2, 0.25) is 0 Å². The number of aromatic nitrogens is 2. The van der Waals surface area contributed by atoms with E-state index in [-0.39, 0.29) is 11.9 Å². The Kier molecular flexibility index (Phi) is 8.36. The molecule has 0 radical (unpaired) electrons. The third-order valence-electron chi connectivity index (χ3n) is 6.14. The number of nitrogens with one attached hydrogen (secondary N) is 2. The van der Waals surface area contributed by atoms with Crippen LogP contribution >= 0.6 is 0 Å². The minimum Gasteiger partial charge on any atom is -0.477 e. The first-order chi connectivity index (χ1) is 17.1. The SMILES string of the molecule is CCCCOc1nc(N(CC)CC)nc2ccc(Oc3ccc(NC(=O)[C@@H]4CCCN4)cc3)cc12. The van der Waals surface area contributed by atoms with E-state index in [0.29, 0.717) is 29.9 Å². The quantitative estimate of drug-likeness (QED) is 0.370. The molecule has 0 bridgehead atoms. The van der Waals surface area contributed by atoms with Gasteiger partial charge in [-0.05, 0) is 82.1 Å². The molecule has 1 fully saturated rings. The zero-order valence-corrected chi connectivity index (χ0v) is 20.8. The van der Waals surface area contributed by atoms with Crippen molar-refractivity contribution >= 4 is 28.4 Å². The Balaban J connectivity index is 1.52. The minimum absolute atomic E-state index is 0.00498. The van der Waals surface area contributed by atoms with Crippen LogP contribution in [0.4, 0.5) is 11.6 Å². The Morgan fingerprint density at radius 3 is 2.54 bits per heavy atom. The fourth-order valence-electron chi connectivity index (χ4n) is 4.08. The van der Waals surface area contributed by atoms with Crippen molar-refractivity contribution in [2.45, 2.75) is 52.5 Å². The number of ether oxygens (including phenoxy) is 2. The van der Waals surface area contributed by atoms with E-state index in [9.17, 15) is 4.79 Å². The summed E-state index contributed by atoms with van der Waals surface area (Å²) in [6.45, 7) is 9.47. The first kappa shape index (κ1) is 24.7. The van der Waals surface area contributed by atoms with Gasteiger partial charge in [-0.15, -0.1) is 0 Å². The molecule has 2 N–H and O–H groups in total. The number of rotatable bonds is 11. The summed E-state index contributed by atoms with van der Waals surface area (Å²) in [6, 6.07) is 13.0. The van der Waals surface area contributed by atoms with Gasteiger partial charge in [0.15, 0.2) is 0 Å². The molecule has 2 aromatic carbocycles. The van der Waals surface area contributed by atoms with Gasteiger partial charge in [0, 0.05) is 18.8 Å². The number of carbonyl (C=O) groups excluding carboxylic acids is 1. The van der Waals surface area contributed by atoms with Crippen molar-refractivity contribution < 1.29 is 14.3 Å². The Bertz CT molecular complexity index is 1130. The van der Waals surface area contributed by atoms with Crippen molar-refractivity contribution in [1.29, 1.82) is 0 Å². The highest BCUT2D eigenvalue weighted by atomic mass is 16.5. The van der Waals surface area contributed by atoms with Gasteiger partial charge in [0.25, 0.3) is 0 Å². The number of amides is 1. The second-order valence-electron chi connectivity index (χ2n) is 8.65. The zero-order chi connectivity index (χ0) is 24.6. The van der Waals surface area contributed by atoms with E-state index in [1.807, 2.05) is 42.5 Å². The van der Waals surface area contributed by atoms with Gasteiger partial charge in [-0.3, -0.25) is 4.79 Å². The van der Waals surface area contributed by atoms with Gasteiger partial charge in [-0.25, -0.2) is 4.98 Å². The topological polar surface area (TPSA) is 88.6 Å². The summed E-state index contributed by atoms with van der Waals surface area (Å²) in [5.74, 6) is 2.60. The lowest BCUT2D eigenvalue weighted by Gasteiger charge is -2.20. The second-order valence-corrected chi connectivity index (χ2v) is 8.65. The molecule has 0 unspecified atom stereocenters. The van der Waals surface area contributed by atoms with Gasteiger partial charge < -0.3 is 25.0 Å². The van der Waals surface area contributed by atoms with Crippen LogP contribution in [0.25, 0.3) is 10.9 Å². The Morgan fingerprint density at radius 2 is 1.86 bits per heavy atom. The molecule has 8 nitrogen and oxygen atoms in total. The zero-order valence-electron chi connectivity index (χ0n) is 20.8. The minimum atomic E-state index is -0.110. The molecule has 1 aromatic heterocycles. The summed E-state index contributed by atoms with van der Waals surface area (Å²) in [5, 5.41) is 6.99. The highest BCUT2D eigenvalue weighted by molar-refractivity contribution is 5.95. The average Bonchev–Trinajstić information content (AvgIpc) is 3.42. The van der Waals surface area contributed by atoms with E-state index in [1.165, 1.54) is 0 Å². The van der Waals surface area contributed by atoms with Crippen molar-refractivity contribution in [3.63, 3.8) is 0 Å². The van der Waals surface area contributed by atoms with Crippen molar-refractivity contribution in [2.24, 2.45) is 0 Å². The fraction of sp³-hybridized carbons (Fsp3) is 0.444. The third-order valence-corrected chi connectivity index (χ3v) is 6.14. The highest BCUT2D eigenvalue weighted by Gasteiger charge is 2.21. The largest absolute Gasteiger partial charge is 0.477 e. The molecule has 4 rings (SSSR count). The third kappa shape index (κ3) is 6.19. The van der Waals surface area contributed by atoms with Crippen molar-refractivity contribution in [1.82, 2.24) is 15.3 Å². The summed E-state index contributed by atoms with van der Waals surface area (Å²) in [6.07, 6.45) is 3.92. The predicted octanol–water partition coefficient (Wildman–Crippen LogP) is 5.14. The van der Waals surface area contributed by atoms with E-state index in [0.717, 1.165) is 61.9 Å². The Morgan fingerprint density at radius 1 is 1.09 bits per heavy atom.